The first-order valence-electron chi connectivity index (χ1n) is 11.4. The van der Waals surface area contributed by atoms with Crippen LogP contribution in [0.4, 0.5) is 0 Å². The van der Waals surface area contributed by atoms with Crippen LogP contribution in [0.15, 0.2) is 12.1 Å². The molecule has 0 bridgehead atoms. The summed E-state index contributed by atoms with van der Waals surface area (Å²) < 4.78 is 12.8. The lowest BCUT2D eigenvalue weighted by Gasteiger charge is -2.32. The predicted molar refractivity (Wildman–Crippen MR) is 127 cm³/mol. The van der Waals surface area contributed by atoms with E-state index < -0.39 is 8.38 Å². The molecule has 0 saturated heterocycles. The van der Waals surface area contributed by atoms with Gasteiger partial charge in [0.2, 0.25) is 8.38 Å². The Kier molecular flexibility index (Phi) is 11.2. The van der Waals surface area contributed by atoms with Crippen molar-refractivity contribution >= 4 is 8.38 Å². The molecule has 0 aromatic heterocycles. The third kappa shape index (κ3) is 8.95. The van der Waals surface area contributed by atoms with Gasteiger partial charge in [0, 0.05) is 23.9 Å². The summed E-state index contributed by atoms with van der Waals surface area (Å²) >= 11 is 0. The van der Waals surface area contributed by atoms with Gasteiger partial charge in [-0.25, -0.2) is 0 Å². The van der Waals surface area contributed by atoms with E-state index in [9.17, 15) is 0 Å². The van der Waals surface area contributed by atoms with Crippen molar-refractivity contribution in [2.45, 2.75) is 105 Å². The van der Waals surface area contributed by atoms with Crippen molar-refractivity contribution in [3.05, 3.63) is 28.8 Å². The molecular formula is C25H45O3P. The fraction of sp³-hybridized carbons (Fsp3) is 0.760. The van der Waals surface area contributed by atoms with E-state index in [1.807, 2.05) is 0 Å². The van der Waals surface area contributed by atoms with Gasteiger partial charge in [-0.1, -0.05) is 86.8 Å². The highest BCUT2D eigenvalue weighted by atomic mass is 31.2. The predicted octanol–water partition coefficient (Wildman–Crippen LogP) is 7.51. The Morgan fingerprint density at radius 2 is 1.41 bits per heavy atom. The maximum Gasteiger partial charge on any atom is 0.229 e. The van der Waals surface area contributed by atoms with E-state index in [0.29, 0.717) is 0 Å². The molecule has 1 atom stereocenters. The van der Waals surface area contributed by atoms with Crippen molar-refractivity contribution in [2.75, 3.05) is 19.4 Å². The highest BCUT2D eigenvalue weighted by Gasteiger charge is 2.29. The molecule has 0 aliphatic rings. The van der Waals surface area contributed by atoms with Crippen molar-refractivity contribution in [3.63, 3.8) is 0 Å². The second-order valence-electron chi connectivity index (χ2n) is 9.98. The maximum atomic E-state index is 8.90. The summed E-state index contributed by atoms with van der Waals surface area (Å²) in [6.07, 6.45) is 7.19. The van der Waals surface area contributed by atoms with Crippen LogP contribution >= 0.6 is 8.38 Å². The van der Waals surface area contributed by atoms with Crippen molar-refractivity contribution in [2.24, 2.45) is 0 Å². The maximum absolute atomic E-state index is 8.90. The molecule has 0 saturated carbocycles. The van der Waals surface area contributed by atoms with Crippen LogP contribution in [-0.2, 0) is 21.8 Å². The summed E-state index contributed by atoms with van der Waals surface area (Å²) in [6, 6.07) is 4.71. The quantitative estimate of drug-likeness (QED) is 0.279. The molecule has 1 rings (SSSR count). The van der Waals surface area contributed by atoms with E-state index in [1.54, 1.807) is 0 Å². The van der Waals surface area contributed by atoms with Crippen LogP contribution in [0.1, 0.15) is 104 Å². The molecular weight excluding hydrogens is 379 g/mol. The van der Waals surface area contributed by atoms with Gasteiger partial charge in [-0.15, -0.1) is 0 Å². The third-order valence-electron chi connectivity index (χ3n) is 5.04. The van der Waals surface area contributed by atoms with Crippen molar-refractivity contribution in [1.82, 2.24) is 0 Å². The highest BCUT2D eigenvalue weighted by molar-refractivity contribution is 7.47. The Morgan fingerprint density at radius 1 is 0.862 bits per heavy atom. The molecule has 0 radical (unpaired) electrons. The Labute approximate surface area is 181 Å². The molecule has 168 valence electrons. The SMILES string of the molecule is CCCc1cc(C(C)(C)C)c(OP(CC)OCCCCCCO)c(C(C)(C)C)c1. The molecule has 0 aliphatic heterocycles. The van der Waals surface area contributed by atoms with Crippen LogP contribution in [0.25, 0.3) is 0 Å². The lowest BCUT2D eigenvalue weighted by Crippen LogP contribution is -2.20. The zero-order chi connectivity index (χ0) is 22.1. The summed E-state index contributed by atoms with van der Waals surface area (Å²) in [7, 11) is -0.953. The van der Waals surface area contributed by atoms with Crippen LogP contribution < -0.4 is 4.52 Å². The number of rotatable bonds is 12. The number of benzene rings is 1. The number of unbranched alkanes of at least 4 members (excludes halogenated alkanes) is 3. The minimum atomic E-state index is -0.953. The molecule has 1 aromatic carbocycles. The molecule has 0 aliphatic carbocycles. The summed E-state index contributed by atoms with van der Waals surface area (Å²) in [5.41, 5.74) is 4.01. The van der Waals surface area contributed by atoms with Gasteiger partial charge in [-0.05, 0) is 35.7 Å². The van der Waals surface area contributed by atoms with Gasteiger partial charge in [0.1, 0.15) is 5.75 Å². The average Bonchev–Trinajstić information content (AvgIpc) is 2.62. The molecule has 1 N–H and O–H groups in total. The monoisotopic (exact) mass is 424 g/mol. The summed E-state index contributed by atoms with van der Waals surface area (Å²) in [5, 5.41) is 8.90. The first-order valence-corrected chi connectivity index (χ1v) is 12.8. The number of hydrogen-bond acceptors (Lipinski definition) is 3. The van der Waals surface area contributed by atoms with Gasteiger partial charge in [-0.3, -0.25) is 0 Å². The van der Waals surface area contributed by atoms with Gasteiger partial charge < -0.3 is 14.2 Å². The molecule has 0 fully saturated rings. The summed E-state index contributed by atoms with van der Waals surface area (Å²) in [4.78, 5) is 0. The third-order valence-corrected chi connectivity index (χ3v) is 6.42. The molecule has 1 aromatic rings. The van der Waals surface area contributed by atoms with Crippen LogP contribution in [0.2, 0.25) is 0 Å². The number of aliphatic hydroxyl groups is 1. The number of aryl methyl sites for hydroxylation is 1. The smallest absolute Gasteiger partial charge is 0.229 e. The Balaban J connectivity index is 3.12. The fourth-order valence-electron chi connectivity index (χ4n) is 3.35. The minimum absolute atomic E-state index is 0.0120. The number of hydrogen-bond donors (Lipinski definition) is 1. The van der Waals surface area contributed by atoms with Crippen molar-refractivity contribution in [3.8, 4) is 5.75 Å². The average molecular weight is 425 g/mol. The zero-order valence-electron chi connectivity index (χ0n) is 20.2. The first-order chi connectivity index (χ1) is 13.5. The minimum Gasteiger partial charge on any atom is -0.447 e. The molecule has 29 heavy (non-hydrogen) atoms. The summed E-state index contributed by atoms with van der Waals surface area (Å²) in [6.45, 7) is 19.0. The second-order valence-corrected chi connectivity index (χ2v) is 11.7. The normalized spacial score (nSPS) is 13.6. The second kappa shape index (κ2) is 12.3. The van der Waals surface area contributed by atoms with E-state index in [-0.39, 0.29) is 17.4 Å². The van der Waals surface area contributed by atoms with Crippen LogP contribution in [-0.4, -0.2) is 24.5 Å². The Hall–Kier alpha value is -0.630. The highest BCUT2D eigenvalue weighted by Crippen LogP contribution is 2.48. The topological polar surface area (TPSA) is 38.7 Å². The number of aliphatic hydroxyl groups excluding tert-OH is 1. The van der Waals surface area contributed by atoms with Gasteiger partial charge in [0.25, 0.3) is 0 Å². The van der Waals surface area contributed by atoms with E-state index >= 15 is 0 Å². The van der Waals surface area contributed by atoms with E-state index in [4.69, 9.17) is 14.2 Å². The van der Waals surface area contributed by atoms with Crippen LogP contribution in [0.3, 0.4) is 0 Å². The molecule has 0 spiro atoms. The lowest BCUT2D eigenvalue weighted by atomic mass is 9.78. The molecule has 0 heterocycles. The summed E-state index contributed by atoms with van der Waals surface area (Å²) in [5.74, 6) is 1.04. The standard InChI is InChI=1S/C25H45O3P/c1-9-15-20-18-21(24(3,4)5)23(22(19-20)25(6,7)8)28-29(10-2)27-17-14-12-11-13-16-26/h18-19,26H,9-17H2,1-8H3. The van der Waals surface area contributed by atoms with Crippen molar-refractivity contribution < 1.29 is 14.2 Å². The Bertz CT molecular complexity index is 564. The molecule has 0 amide bonds. The fourth-order valence-corrected chi connectivity index (χ4v) is 4.45. The van der Waals surface area contributed by atoms with E-state index in [0.717, 1.165) is 57.0 Å². The van der Waals surface area contributed by atoms with Gasteiger partial charge >= 0.3 is 0 Å². The van der Waals surface area contributed by atoms with Crippen molar-refractivity contribution in [1.29, 1.82) is 0 Å². The van der Waals surface area contributed by atoms with Gasteiger partial charge in [-0.2, -0.15) is 0 Å². The first kappa shape index (κ1) is 26.4. The lowest BCUT2D eigenvalue weighted by molar-refractivity contribution is 0.273. The zero-order valence-corrected chi connectivity index (χ0v) is 21.1. The largest absolute Gasteiger partial charge is 0.447 e. The van der Waals surface area contributed by atoms with E-state index in [1.165, 1.54) is 16.7 Å². The van der Waals surface area contributed by atoms with Crippen LogP contribution in [0.5, 0.6) is 5.75 Å². The molecule has 3 nitrogen and oxygen atoms in total. The molecule has 4 heteroatoms. The van der Waals surface area contributed by atoms with Gasteiger partial charge in [0.05, 0.1) is 6.61 Å². The van der Waals surface area contributed by atoms with E-state index in [2.05, 4.69) is 67.5 Å². The van der Waals surface area contributed by atoms with Gasteiger partial charge in [0.15, 0.2) is 0 Å². The Morgan fingerprint density at radius 3 is 1.86 bits per heavy atom. The van der Waals surface area contributed by atoms with Crippen LogP contribution in [0, 0.1) is 0 Å². The molecule has 1 unspecified atom stereocenters.